The summed E-state index contributed by atoms with van der Waals surface area (Å²) in [5.74, 6) is 1.74. The molecule has 4 heteroatoms. The first-order valence-electron chi connectivity index (χ1n) is 5.34. The fourth-order valence-electron chi connectivity index (χ4n) is 1.77. The minimum Gasteiger partial charge on any atom is -0.492 e. The number of para-hydroxylation sites is 1. The topological polar surface area (TPSA) is 36.3 Å². The van der Waals surface area contributed by atoms with Crippen LogP contribution in [0.4, 0.5) is 0 Å². The molecule has 0 aliphatic heterocycles. The van der Waals surface area contributed by atoms with Gasteiger partial charge in [-0.1, -0.05) is 6.07 Å². The summed E-state index contributed by atoms with van der Waals surface area (Å²) in [6, 6.07) is 5.95. The zero-order valence-electron chi connectivity index (χ0n) is 9.86. The zero-order chi connectivity index (χ0) is 11.5. The van der Waals surface area contributed by atoms with Gasteiger partial charge in [-0.25, -0.2) is 4.98 Å². The van der Waals surface area contributed by atoms with Crippen molar-refractivity contribution in [2.45, 2.75) is 13.5 Å². The van der Waals surface area contributed by atoms with E-state index in [0.29, 0.717) is 13.2 Å². The molecule has 0 atom stereocenters. The normalized spacial score (nSPS) is 10.9. The second kappa shape index (κ2) is 4.53. The van der Waals surface area contributed by atoms with E-state index in [1.807, 2.05) is 36.7 Å². The van der Waals surface area contributed by atoms with E-state index in [9.17, 15) is 0 Å². The van der Waals surface area contributed by atoms with Crippen molar-refractivity contribution in [2.75, 3.05) is 13.7 Å². The lowest BCUT2D eigenvalue weighted by Gasteiger charge is -2.03. The first-order valence-corrected chi connectivity index (χ1v) is 5.34. The van der Waals surface area contributed by atoms with Crippen molar-refractivity contribution >= 4 is 11.0 Å². The average Bonchev–Trinajstić information content (AvgIpc) is 2.59. The van der Waals surface area contributed by atoms with E-state index in [1.165, 1.54) is 0 Å². The predicted octanol–water partition coefficient (Wildman–Crippen LogP) is 2.12. The van der Waals surface area contributed by atoms with Crippen LogP contribution in [0.1, 0.15) is 12.7 Å². The molecule has 0 bridgehead atoms. The lowest BCUT2D eigenvalue weighted by molar-refractivity contribution is 0.176. The van der Waals surface area contributed by atoms with Gasteiger partial charge in [-0.3, -0.25) is 0 Å². The summed E-state index contributed by atoms with van der Waals surface area (Å²) in [7, 11) is 3.65. The van der Waals surface area contributed by atoms with Gasteiger partial charge in [0.25, 0.3) is 0 Å². The molecule has 0 saturated carbocycles. The molecule has 4 nitrogen and oxygen atoms in total. The van der Waals surface area contributed by atoms with Crippen LogP contribution in [0.5, 0.6) is 5.75 Å². The van der Waals surface area contributed by atoms with Crippen LogP contribution in [0, 0.1) is 0 Å². The van der Waals surface area contributed by atoms with Gasteiger partial charge < -0.3 is 14.0 Å². The monoisotopic (exact) mass is 220 g/mol. The smallest absolute Gasteiger partial charge is 0.147 e. The first kappa shape index (κ1) is 11.0. The molecule has 0 aliphatic carbocycles. The van der Waals surface area contributed by atoms with E-state index < -0.39 is 0 Å². The third-order valence-electron chi connectivity index (χ3n) is 2.54. The van der Waals surface area contributed by atoms with Gasteiger partial charge in [0.05, 0.1) is 12.1 Å². The number of aryl methyl sites for hydroxylation is 1. The molecule has 2 aromatic rings. The molecule has 0 unspecified atom stereocenters. The summed E-state index contributed by atoms with van der Waals surface area (Å²) in [6.07, 6.45) is 0. The highest BCUT2D eigenvalue weighted by molar-refractivity contribution is 5.82. The Morgan fingerprint density at radius 1 is 1.38 bits per heavy atom. The van der Waals surface area contributed by atoms with Crippen molar-refractivity contribution in [3.05, 3.63) is 24.0 Å². The van der Waals surface area contributed by atoms with Crippen molar-refractivity contribution < 1.29 is 9.47 Å². The Morgan fingerprint density at radius 2 is 2.19 bits per heavy atom. The standard InChI is InChI=1S/C12H16N2O2/c1-4-16-10-7-5-6-9-12(10)13-11(8-15-3)14(9)2/h5-7H,4,8H2,1-3H3. The van der Waals surface area contributed by atoms with Gasteiger partial charge >= 0.3 is 0 Å². The van der Waals surface area contributed by atoms with Gasteiger partial charge in [0.2, 0.25) is 0 Å². The fraction of sp³-hybridized carbons (Fsp3) is 0.417. The minimum absolute atomic E-state index is 0.511. The SMILES string of the molecule is CCOc1cccc2c1nc(COC)n2C. The number of hydrogen-bond acceptors (Lipinski definition) is 3. The number of hydrogen-bond donors (Lipinski definition) is 0. The van der Waals surface area contributed by atoms with Gasteiger partial charge in [-0.05, 0) is 19.1 Å². The van der Waals surface area contributed by atoms with Crippen LogP contribution < -0.4 is 4.74 Å². The highest BCUT2D eigenvalue weighted by Gasteiger charge is 2.11. The molecule has 2 rings (SSSR count). The van der Waals surface area contributed by atoms with E-state index in [2.05, 4.69) is 4.98 Å². The maximum absolute atomic E-state index is 5.55. The number of nitrogens with zero attached hydrogens (tertiary/aromatic N) is 2. The molecular weight excluding hydrogens is 204 g/mol. The van der Waals surface area contributed by atoms with Crippen LogP contribution in [0.3, 0.4) is 0 Å². The van der Waals surface area contributed by atoms with Crippen LogP contribution in [-0.2, 0) is 18.4 Å². The lowest BCUT2D eigenvalue weighted by Crippen LogP contribution is -1.98. The Labute approximate surface area is 94.8 Å². The molecule has 0 spiro atoms. The van der Waals surface area contributed by atoms with Crippen LogP contribution in [0.2, 0.25) is 0 Å². The molecule has 16 heavy (non-hydrogen) atoms. The van der Waals surface area contributed by atoms with Crippen LogP contribution in [0.15, 0.2) is 18.2 Å². The number of methoxy groups -OCH3 is 1. The third kappa shape index (κ3) is 1.76. The number of fused-ring (bicyclic) bond motifs is 1. The summed E-state index contributed by atoms with van der Waals surface area (Å²) in [5.41, 5.74) is 1.97. The van der Waals surface area contributed by atoms with Gasteiger partial charge in [0.1, 0.15) is 23.7 Å². The molecular formula is C12H16N2O2. The summed E-state index contributed by atoms with van der Waals surface area (Å²) in [5, 5.41) is 0. The molecule has 1 aromatic heterocycles. The van der Waals surface area contributed by atoms with Crippen molar-refractivity contribution in [3.8, 4) is 5.75 Å². The number of benzene rings is 1. The molecule has 1 heterocycles. The Kier molecular flexibility index (Phi) is 3.10. The van der Waals surface area contributed by atoms with Crippen molar-refractivity contribution in [1.29, 1.82) is 0 Å². The summed E-state index contributed by atoms with van der Waals surface area (Å²) in [4.78, 5) is 4.53. The number of aromatic nitrogens is 2. The van der Waals surface area contributed by atoms with Gasteiger partial charge in [0, 0.05) is 14.2 Å². The largest absolute Gasteiger partial charge is 0.492 e. The molecule has 0 radical (unpaired) electrons. The summed E-state index contributed by atoms with van der Waals surface area (Å²) in [6.45, 7) is 3.13. The lowest BCUT2D eigenvalue weighted by atomic mass is 10.3. The van der Waals surface area contributed by atoms with Crippen molar-refractivity contribution in [3.63, 3.8) is 0 Å². The maximum Gasteiger partial charge on any atom is 0.147 e. The molecule has 0 saturated heterocycles. The summed E-state index contributed by atoms with van der Waals surface area (Å²) >= 11 is 0. The number of rotatable bonds is 4. The van der Waals surface area contributed by atoms with Gasteiger partial charge in [-0.15, -0.1) is 0 Å². The van der Waals surface area contributed by atoms with E-state index in [1.54, 1.807) is 7.11 Å². The number of imidazole rings is 1. The van der Waals surface area contributed by atoms with Crippen LogP contribution in [0.25, 0.3) is 11.0 Å². The van der Waals surface area contributed by atoms with E-state index in [4.69, 9.17) is 9.47 Å². The Bertz CT molecular complexity index is 491. The molecule has 0 amide bonds. The Balaban J connectivity index is 2.56. The molecule has 1 aromatic carbocycles. The number of ether oxygens (including phenoxy) is 2. The third-order valence-corrected chi connectivity index (χ3v) is 2.54. The Hall–Kier alpha value is -1.55. The maximum atomic E-state index is 5.55. The highest BCUT2D eigenvalue weighted by Crippen LogP contribution is 2.25. The molecule has 0 fully saturated rings. The zero-order valence-corrected chi connectivity index (χ0v) is 9.86. The van der Waals surface area contributed by atoms with Crippen molar-refractivity contribution in [2.24, 2.45) is 7.05 Å². The van der Waals surface area contributed by atoms with E-state index in [-0.39, 0.29) is 0 Å². The summed E-state index contributed by atoms with van der Waals surface area (Å²) < 4.78 is 12.7. The van der Waals surface area contributed by atoms with Crippen LogP contribution >= 0.6 is 0 Å². The van der Waals surface area contributed by atoms with Crippen LogP contribution in [-0.4, -0.2) is 23.3 Å². The quantitative estimate of drug-likeness (QED) is 0.791. The van der Waals surface area contributed by atoms with E-state index in [0.717, 1.165) is 22.6 Å². The molecule has 0 N–H and O–H groups in total. The van der Waals surface area contributed by atoms with E-state index >= 15 is 0 Å². The van der Waals surface area contributed by atoms with Crippen molar-refractivity contribution in [1.82, 2.24) is 9.55 Å². The second-order valence-corrected chi connectivity index (χ2v) is 3.58. The first-order chi connectivity index (χ1) is 7.77. The predicted molar refractivity (Wildman–Crippen MR) is 62.6 cm³/mol. The highest BCUT2D eigenvalue weighted by atomic mass is 16.5. The van der Waals surface area contributed by atoms with Gasteiger partial charge in [0.15, 0.2) is 0 Å². The minimum atomic E-state index is 0.511. The Morgan fingerprint density at radius 3 is 2.88 bits per heavy atom. The average molecular weight is 220 g/mol. The van der Waals surface area contributed by atoms with Gasteiger partial charge in [-0.2, -0.15) is 0 Å². The fourth-order valence-corrected chi connectivity index (χ4v) is 1.77. The second-order valence-electron chi connectivity index (χ2n) is 3.58. The molecule has 86 valence electrons. The molecule has 0 aliphatic rings.